The molecule has 0 fully saturated rings. The Balaban J connectivity index is 1.44. The van der Waals surface area contributed by atoms with E-state index in [1.165, 1.54) is 22.9 Å². The molecule has 0 aliphatic rings. The lowest BCUT2D eigenvalue weighted by Gasteiger charge is -2.15. The molecule has 4 rings (SSSR count). The van der Waals surface area contributed by atoms with Crippen molar-refractivity contribution < 1.29 is 45.3 Å². The Bertz CT molecular complexity index is 1600. The second-order valence-corrected chi connectivity index (χ2v) is 9.84. The molecular weight excluding hydrogens is 616 g/mol. The van der Waals surface area contributed by atoms with Gasteiger partial charge in [-0.05, 0) is 54.1 Å². The van der Waals surface area contributed by atoms with Gasteiger partial charge in [0.1, 0.15) is 12.4 Å². The third kappa shape index (κ3) is 8.52. The Hall–Kier alpha value is -4.07. The zero-order valence-electron chi connectivity index (χ0n) is 23.1. The zero-order valence-corrected chi connectivity index (χ0v) is 23.9. The Morgan fingerprint density at radius 3 is 2.30 bits per heavy atom. The number of nitrogens with one attached hydrogen (secondary N) is 1. The first-order valence-corrected chi connectivity index (χ1v) is 13.4. The summed E-state index contributed by atoms with van der Waals surface area (Å²) in [7, 11) is 1.57. The first-order chi connectivity index (χ1) is 20.9. The van der Waals surface area contributed by atoms with Crippen LogP contribution in [0.5, 0.6) is 5.75 Å². The van der Waals surface area contributed by atoms with Crippen LogP contribution >= 0.6 is 11.6 Å². The van der Waals surface area contributed by atoms with Crippen molar-refractivity contribution in [2.45, 2.75) is 18.9 Å². The maximum Gasteiger partial charge on any atom is 0.416 e. The lowest BCUT2D eigenvalue weighted by Crippen LogP contribution is -2.17. The summed E-state index contributed by atoms with van der Waals surface area (Å²) < 4.78 is 97.0. The van der Waals surface area contributed by atoms with Gasteiger partial charge in [-0.25, -0.2) is 5.43 Å². The number of alkyl halides is 6. The van der Waals surface area contributed by atoms with Gasteiger partial charge in [0.05, 0.1) is 42.2 Å². The van der Waals surface area contributed by atoms with Crippen molar-refractivity contribution in [2.75, 3.05) is 33.5 Å². The quantitative estimate of drug-likeness (QED) is 0.0770. The molecule has 0 saturated heterocycles. The highest BCUT2D eigenvalue weighted by molar-refractivity contribution is 6.32. The number of hydrogen-bond donors (Lipinski definition) is 1. The van der Waals surface area contributed by atoms with Crippen LogP contribution in [0.3, 0.4) is 0 Å². The average molecular weight is 642 g/mol. The lowest BCUT2D eigenvalue weighted by atomic mass is 10.0. The molecule has 4 aromatic rings. The zero-order chi connectivity index (χ0) is 31.9. The van der Waals surface area contributed by atoms with E-state index in [1.54, 1.807) is 43.6 Å². The van der Waals surface area contributed by atoms with Gasteiger partial charge in [0.25, 0.3) is 5.91 Å². The fourth-order valence-corrected chi connectivity index (χ4v) is 4.48. The predicted octanol–water partition coefficient (Wildman–Crippen LogP) is 7.19. The molecule has 0 bridgehead atoms. The Morgan fingerprint density at radius 2 is 1.64 bits per heavy atom. The van der Waals surface area contributed by atoms with E-state index in [9.17, 15) is 31.1 Å². The molecule has 3 aromatic carbocycles. The second-order valence-electron chi connectivity index (χ2n) is 9.44. The minimum Gasteiger partial charge on any atom is -0.490 e. The summed E-state index contributed by atoms with van der Waals surface area (Å²) in [6, 6.07) is 12.6. The van der Waals surface area contributed by atoms with Crippen molar-refractivity contribution in [3.63, 3.8) is 0 Å². The number of benzene rings is 3. The van der Waals surface area contributed by atoms with Crippen molar-refractivity contribution in [1.29, 1.82) is 0 Å². The summed E-state index contributed by atoms with van der Waals surface area (Å²) in [5.74, 6) is -0.176. The summed E-state index contributed by atoms with van der Waals surface area (Å²) in [5, 5.41) is 4.82. The second kappa shape index (κ2) is 14.1. The summed E-state index contributed by atoms with van der Waals surface area (Å²) in [6.45, 7) is 1.24. The normalized spacial score (nSPS) is 12.3. The Morgan fingerprint density at radius 1 is 0.932 bits per heavy atom. The monoisotopic (exact) mass is 641 g/mol. The molecule has 44 heavy (non-hydrogen) atoms. The SMILES string of the molecule is COCCOCCOc1ccc(C(=O)N/N=C/c2cccc3c2ccn3Cc2cc(C(F)(F)F)cc(C(F)(F)F)c2)cc1Cl. The maximum absolute atomic E-state index is 13.3. The van der Waals surface area contributed by atoms with Crippen LogP contribution in [0.2, 0.25) is 5.02 Å². The van der Waals surface area contributed by atoms with E-state index < -0.39 is 29.4 Å². The van der Waals surface area contributed by atoms with E-state index in [2.05, 4.69) is 10.5 Å². The first-order valence-electron chi connectivity index (χ1n) is 13.1. The first kappa shape index (κ1) is 32.8. The van der Waals surface area contributed by atoms with Crippen LogP contribution in [-0.2, 0) is 28.4 Å². The van der Waals surface area contributed by atoms with Crippen LogP contribution in [0.1, 0.15) is 32.6 Å². The molecule has 1 aromatic heterocycles. The van der Waals surface area contributed by atoms with E-state index in [4.69, 9.17) is 25.8 Å². The van der Waals surface area contributed by atoms with Gasteiger partial charge in [-0.15, -0.1) is 0 Å². The molecule has 0 spiro atoms. The smallest absolute Gasteiger partial charge is 0.416 e. The van der Waals surface area contributed by atoms with Crippen molar-refractivity contribution >= 4 is 34.6 Å². The molecule has 1 N–H and O–H groups in total. The number of carbonyl (C=O) groups is 1. The van der Waals surface area contributed by atoms with Crippen molar-refractivity contribution in [3.05, 3.63) is 99.7 Å². The van der Waals surface area contributed by atoms with Gasteiger partial charge in [-0.3, -0.25) is 4.79 Å². The third-order valence-electron chi connectivity index (χ3n) is 6.33. The van der Waals surface area contributed by atoms with Crippen LogP contribution in [0.15, 0.2) is 72.0 Å². The van der Waals surface area contributed by atoms with Crippen LogP contribution in [0, 0.1) is 0 Å². The van der Waals surface area contributed by atoms with Gasteiger partial charge >= 0.3 is 12.4 Å². The fourth-order valence-electron chi connectivity index (χ4n) is 4.24. The molecule has 14 heteroatoms. The molecule has 1 heterocycles. The van der Waals surface area contributed by atoms with E-state index in [-0.39, 0.29) is 35.4 Å². The number of carbonyl (C=O) groups excluding carboxylic acids is 1. The minimum atomic E-state index is -4.94. The number of rotatable bonds is 12. The van der Waals surface area contributed by atoms with Crippen LogP contribution in [-0.4, -0.2) is 50.2 Å². The molecule has 0 aliphatic carbocycles. The molecule has 234 valence electrons. The number of hydrazone groups is 1. The molecule has 0 radical (unpaired) electrons. The Kier molecular flexibility index (Phi) is 10.6. The van der Waals surface area contributed by atoms with E-state index in [0.29, 0.717) is 54.2 Å². The molecule has 0 saturated carbocycles. The summed E-state index contributed by atoms with van der Waals surface area (Å²) in [6.07, 6.45) is -6.96. The van der Waals surface area contributed by atoms with Gasteiger partial charge in [0.2, 0.25) is 0 Å². The highest BCUT2D eigenvalue weighted by Gasteiger charge is 2.36. The number of halogens is 7. The van der Waals surface area contributed by atoms with Crippen molar-refractivity contribution in [2.24, 2.45) is 5.10 Å². The molecule has 0 unspecified atom stereocenters. The predicted molar refractivity (Wildman–Crippen MR) is 152 cm³/mol. The van der Waals surface area contributed by atoms with E-state index in [0.717, 1.165) is 0 Å². The van der Waals surface area contributed by atoms with Crippen LogP contribution in [0.4, 0.5) is 26.3 Å². The number of aromatic nitrogens is 1. The van der Waals surface area contributed by atoms with Gasteiger partial charge in [-0.1, -0.05) is 23.7 Å². The van der Waals surface area contributed by atoms with Gasteiger partial charge in [0, 0.05) is 41.9 Å². The summed E-state index contributed by atoms with van der Waals surface area (Å²) in [4.78, 5) is 12.6. The largest absolute Gasteiger partial charge is 0.490 e. The van der Waals surface area contributed by atoms with Gasteiger partial charge in [-0.2, -0.15) is 31.4 Å². The highest BCUT2D eigenvalue weighted by Crippen LogP contribution is 2.36. The Labute approximate surface area is 253 Å². The summed E-state index contributed by atoms with van der Waals surface area (Å²) >= 11 is 6.24. The van der Waals surface area contributed by atoms with Crippen LogP contribution in [0.25, 0.3) is 10.9 Å². The minimum absolute atomic E-state index is 0.0958. The molecule has 7 nitrogen and oxygen atoms in total. The van der Waals surface area contributed by atoms with Crippen LogP contribution < -0.4 is 10.2 Å². The maximum atomic E-state index is 13.3. The number of fused-ring (bicyclic) bond motifs is 1. The lowest BCUT2D eigenvalue weighted by molar-refractivity contribution is -0.143. The number of amides is 1. The van der Waals surface area contributed by atoms with Crippen molar-refractivity contribution in [1.82, 2.24) is 9.99 Å². The third-order valence-corrected chi connectivity index (χ3v) is 6.62. The van der Waals surface area contributed by atoms with Gasteiger partial charge < -0.3 is 18.8 Å². The molecule has 0 atom stereocenters. The van der Waals surface area contributed by atoms with E-state index in [1.807, 2.05) is 0 Å². The summed E-state index contributed by atoms with van der Waals surface area (Å²) in [5.41, 5.74) is 0.784. The number of ether oxygens (including phenoxy) is 3. The van der Waals surface area contributed by atoms with E-state index >= 15 is 0 Å². The van der Waals surface area contributed by atoms with Gasteiger partial charge in [0.15, 0.2) is 0 Å². The molecular formula is C30H26ClF6N3O4. The van der Waals surface area contributed by atoms with Crippen molar-refractivity contribution in [3.8, 4) is 5.75 Å². The fraction of sp³-hybridized carbons (Fsp3) is 0.267. The molecule has 0 aliphatic heterocycles. The molecule has 1 amide bonds. The average Bonchev–Trinajstić information content (AvgIpc) is 3.37. The number of hydrogen-bond acceptors (Lipinski definition) is 5. The number of nitrogens with zero attached hydrogens (tertiary/aromatic N) is 2. The highest BCUT2D eigenvalue weighted by atomic mass is 35.5. The topological polar surface area (TPSA) is 74.1 Å². The number of methoxy groups -OCH3 is 1. The standard InChI is InChI=1S/C30H26ClF6N3O4/c1-42-9-10-43-11-12-44-27-6-5-20(15-25(27)31)28(41)39-38-17-21-3-2-4-26-24(21)7-8-40(26)18-19-13-22(29(32,33)34)16-23(14-19)30(35,36)37/h2-8,13-17H,9-12,18H2,1H3,(H,39,41)/b38-17+.